The van der Waals surface area contributed by atoms with Gasteiger partial charge in [-0.25, -0.2) is 14.4 Å². The van der Waals surface area contributed by atoms with Gasteiger partial charge in [-0.1, -0.05) is 12.7 Å². The molecule has 35 heavy (non-hydrogen) atoms. The van der Waals surface area contributed by atoms with Crippen LogP contribution in [0.3, 0.4) is 0 Å². The van der Waals surface area contributed by atoms with Gasteiger partial charge in [0.2, 0.25) is 0 Å². The zero-order valence-electron chi connectivity index (χ0n) is 19.7. The number of rotatable bonds is 9. The van der Waals surface area contributed by atoms with Gasteiger partial charge in [-0.3, -0.25) is 14.8 Å². The van der Waals surface area contributed by atoms with Crippen LogP contribution in [0, 0.1) is 5.82 Å². The van der Waals surface area contributed by atoms with Crippen molar-refractivity contribution in [3.63, 3.8) is 0 Å². The summed E-state index contributed by atoms with van der Waals surface area (Å²) < 4.78 is 20.9. The molecule has 0 saturated carbocycles. The maximum atomic E-state index is 15.1. The summed E-state index contributed by atoms with van der Waals surface area (Å²) in [6, 6.07) is 6.62. The van der Waals surface area contributed by atoms with Crippen molar-refractivity contribution in [1.29, 1.82) is 0 Å². The Hall–Kier alpha value is -4.44. The minimum Gasteiger partial charge on any atom is -0.482 e. The van der Waals surface area contributed by atoms with Crippen LogP contribution in [-0.4, -0.2) is 54.6 Å². The second-order valence-electron chi connectivity index (χ2n) is 6.91. The Bertz CT molecular complexity index is 1290. The van der Waals surface area contributed by atoms with Gasteiger partial charge in [0.15, 0.2) is 18.2 Å². The molecule has 10 heteroatoms. The molecule has 3 aromatic rings. The van der Waals surface area contributed by atoms with Gasteiger partial charge in [-0.2, -0.15) is 0 Å². The maximum absolute atomic E-state index is 15.1. The molecule has 1 atom stereocenters. The average Bonchev–Trinajstić information content (AvgIpc) is 2.89. The Morgan fingerprint density at radius 2 is 2.06 bits per heavy atom. The summed E-state index contributed by atoms with van der Waals surface area (Å²) in [6.45, 7) is 8.70. The molecule has 0 aliphatic rings. The Morgan fingerprint density at radius 1 is 1.31 bits per heavy atom. The van der Waals surface area contributed by atoms with Crippen molar-refractivity contribution in [3.05, 3.63) is 60.3 Å². The number of hydrogen-bond donors (Lipinski definition) is 3. The number of ether oxygens (including phenoxy) is 1. The third-order valence-electron chi connectivity index (χ3n) is 4.77. The number of aldehydes is 1. The summed E-state index contributed by atoms with van der Waals surface area (Å²) in [6.07, 6.45) is 5.63. The number of carbonyl (C=O) groups excluding carboxylic acids is 1. The van der Waals surface area contributed by atoms with E-state index in [4.69, 9.17) is 15.6 Å². The highest BCUT2D eigenvalue weighted by atomic mass is 19.1. The molecular formula is C25H27FN6O3. The highest BCUT2D eigenvalue weighted by Crippen LogP contribution is 2.36. The number of aromatic nitrogens is 2. The first-order valence-corrected chi connectivity index (χ1v) is 10.4. The first kappa shape index (κ1) is 26.8. The Balaban J connectivity index is 0.00000210. The Morgan fingerprint density at radius 3 is 2.66 bits per heavy atom. The molecule has 0 saturated heterocycles. The number of allylic oxidation sites excluding steroid dienone is 1. The maximum Gasteiger partial charge on any atom is 0.160 e. The van der Waals surface area contributed by atoms with Crippen LogP contribution in [-0.2, 0) is 4.79 Å². The van der Waals surface area contributed by atoms with Gasteiger partial charge in [0.05, 0.1) is 22.3 Å². The molecule has 0 radical (unpaired) electrons. The first-order chi connectivity index (χ1) is 17.0. The summed E-state index contributed by atoms with van der Waals surface area (Å²) in [5.41, 5.74) is 8.28. The van der Waals surface area contributed by atoms with Gasteiger partial charge in [0.1, 0.15) is 17.9 Å². The largest absolute Gasteiger partial charge is 0.482 e. The number of carbonyl (C=O) groups is 1. The van der Waals surface area contributed by atoms with E-state index in [0.29, 0.717) is 39.8 Å². The van der Waals surface area contributed by atoms with Crippen LogP contribution in [0.1, 0.15) is 18.1 Å². The number of nitrogens with one attached hydrogen (secondary N) is 1. The quantitative estimate of drug-likeness (QED) is 0.312. The predicted octanol–water partition coefficient (Wildman–Crippen LogP) is 4.06. The van der Waals surface area contributed by atoms with E-state index >= 15 is 4.39 Å². The normalized spacial score (nSPS) is 12.0. The number of aliphatic hydroxyl groups excluding tert-OH is 1. The van der Waals surface area contributed by atoms with Crippen LogP contribution >= 0.6 is 0 Å². The second-order valence-corrected chi connectivity index (χ2v) is 6.91. The number of anilines is 2. The number of aliphatic hydroxyl groups is 1. The van der Waals surface area contributed by atoms with Crippen LogP contribution < -0.4 is 15.8 Å². The van der Waals surface area contributed by atoms with Gasteiger partial charge >= 0.3 is 0 Å². The van der Waals surface area contributed by atoms with E-state index in [-0.39, 0.29) is 17.1 Å². The molecule has 182 valence electrons. The molecule has 0 spiro atoms. The smallest absolute Gasteiger partial charge is 0.160 e. The van der Waals surface area contributed by atoms with Gasteiger partial charge in [0.25, 0.3) is 0 Å². The summed E-state index contributed by atoms with van der Waals surface area (Å²) in [5, 5.41) is 10.5. The average molecular weight is 479 g/mol. The van der Waals surface area contributed by atoms with E-state index in [1.54, 1.807) is 38.4 Å². The molecule has 4 N–H and O–H groups in total. The fourth-order valence-electron chi connectivity index (χ4n) is 3.23. The molecular weight excluding hydrogens is 451 g/mol. The highest BCUT2D eigenvalue weighted by Gasteiger charge is 2.18. The molecule has 0 aliphatic carbocycles. The first-order valence-electron chi connectivity index (χ1n) is 10.4. The number of nitrogens with two attached hydrogens (primary N) is 1. The third kappa shape index (κ3) is 5.92. The summed E-state index contributed by atoms with van der Waals surface area (Å²) in [7, 11) is 2.62. The van der Waals surface area contributed by atoms with Gasteiger partial charge < -0.3 is 20.9 Å². The number of fused-ring (bicyclic) bond motifs is 1. The van der Waals surface area contributed by atoms with Crippen molar-refractivity contribution in [1.82, 2.24) is 9.97 Å². The number of benzene rings is 2. The van der Waals surface area contributed by atoms with E-state index in [1.165, 1.54) is 24.7 Å². The van der Waals surface area contributed by atoms with Crippen molar-refractivity contribution < 1.29 is 19.0 Å². The monoisotopic (exact) mass is 478 g/mol. The second kappa shape index (κ2) is 12.7. The summed E-state index contributed by atoms with van der Waals surface area (Å²) in [4.78, 5) is 27.7. The highest BCUT2D eigenvalue weighted by molar-refractivity contribution is 6.11. The van der Waals surface area contributed by atoms with Gasteiger partial charge in [0, 0.05) is 37.7 Å². The zero-order chi connectivity index (χ0) is 26.0. The van der Waals surface area contributed by atoms with Gasteiger partial charge in [-0.05, 0) is 43.5 Å². The van der Waals surface area contributed by atoms with Crippen LogP contribution in [0.15, 0.2) is 53.4 Å². The summed E-state index contributed by atoms with van der Waals surface area (Å²) >= 11 is 0. The van der Waals surface area contributed by atoms with Crippen molar-refractivity contribution in [3.8, 4) is 5.75 Å². The standard InChI is InChI=1S/C24H23FN6O2.CH4O/c1-5-17-18(28-4)6-7-19(23(17)25)31-24-22-20(29-13-30-24)8-15(16(10-26)11-27-3)9-21(22)33-14(2)12-32;1-2/h5-14H,1,4,26H2,2-3H3,(H,29,30,31);2H,1H3/b16-10+,27-11?;. The lowest BCUT2D eigenvalue weighted by atomic mass is 10.0. The molecule has 2 aromatic carbocycles. The fourth-order valence-corrected chi connectivity index (χ4v) is 3.23. The predicted molar refractivity (Wildman–Crippen MR) is 139 cm³/mol. The number of hydrogen-bond acceptors (Lipinski definition) is 9. The van der Waals surface area contributed by atoms with E-state index in [2.05, 4.69) is 38.6 Å². The van der Waals surface area contributed by atoms with Gasteiger partial charge in [-0.15, -0.1) is 0 Å². The lowest BCUT2D eigenvalue weighted by Gasteiger charge is -2.17. The van der Waals surface area contributed by atoms with E-state index < -0.39 is 11.9 Å². The van der Waals surface area contributed by atoms with Crippen molar-refractivity contribution in [2.45, 2.75) is 13.0 Å². The van der Waals surface area contributed by atoms with Crippen LogP contribution in [0.2, 0.25) is 0 Å². The van der Waals surface area contributed by atoms with Crippen LogP contribution in [0.4, 0.5) is 21.6 Å². The number of nitrogens with zero attached hydrogens (tertiary/aromatic N) is 4. The molecule has 3 rings (SSSR count). The Kier molecular flexibility index (Phi) is 9.73. The Labute approximate surface area is 202 Å². The van der Waals surface area contributed by atoms with Crippen molar-refractivity contribution in [2.24, 2.45) is 15.7 Å². The molecule has 0 amide bonds. The van der Waals surface area contributed by atoms with Crippen LogP contribution in [0.5, 0.6) is 5.75 Å². The van der Waals surface area contributed by atoms with Crippen molar-refractivity contribution >= 4 is 59.0 Å². The minimum absolute atomic E-state index is 0.149. The number of aliphatic imine (C=N–C) groups is 2. The molecule has 9 nitrogen and oxygen atoms in total. The molecule has 1 aromatic heterocycles. The van der Waals surface area contributed by atoms with E-state index in [1.807, 2.05) is 0 Å². The van der Waals surface area contributed by atoms with E-state index in [9.17, 15) is 4.79 Å². The third-order valence-corrected chi connectivity index (χ3v) is 4.77. The molecule has 0 bridgehead atoms. The molecule has 1 heterocycles. The number of halogens is 1. The fraction of sp³-hybridized carbons (Fsp3) is 0.160. The molecule has 1 unspecified atom stereocenters. The lowest BCUT2D eigenvalue weighted by molar-refractivity contribution is -0.113. The molecule has 0 aliphatic heterocycles. The SMILES string of the molecule is C=Cc1c(N=C)ccc(Nc2ncnc3cc(/C(C=NC)=C/N)cc(OC(C)C=O)c23)c1F.CO. The van der Waals surface area contributed by atoms with E-state index in [0.717, 1.165) is 7.11 Å². The van der Waals surface area contributed by atoms with Crippen LogP contribution in [0.25, 0.3) is 22.6 Å². The zero-order valence-corrected chi connectivity index (χ0v) is 19.7. The summed E-state index contributed by atoms with van der Waals surface area (Å²) in [5.74, 6) is 0.0487. The minimum atomic E-state index is -0.747. The topological polar surface area (TPSA) is 135 Å². The molecule has 0 fully saturated rings. The van der Waals surface area contributed by atoms with Crippen molar-refractivity contribution in [2.75, 3.05) is 19.5 Å². The lowest BCUT2D eigenvalue weighted by Crippen LogP contribution is -2.14.